The lowest BCUT2D eigenvalue weighted by atomic mass is 9.70. The largest absolute Gasteiger partial charge is 0.389 e. The van der Waals surface area contributed by atoms with Crippen LogP contribution in [0.2, 0.25) is 0 Å². The number of rotatable bonds is 2. The Labute approximate surface area is 75.6 Å². The van der Waals surface area contributed by atoms with Crippen molar-refractivity contribution in [1.82, 2.24) is 9.59 Å². The van der Waals surface area contributed by atoms with Gasteiger partial charge in [0.2, 0.25) is 0 Å². The Hall–Kier alpha value is -0.480. The van der Waals surface area contributed by atoms with Crippen LogP contribution in [0, 0.1) is 5.92 Å². The Morgan fingerprint density at radius 2 is 2.50 bits per heavy atom. The van der Waals surface area contributed by atoms with Gasteiger partial charge in [0.05, 0.1) is 11.3 Å². The first-order valence-corrected chi connectivity index (χ1v) is 5.00. The lowest BCUT2D eigenvalue weighted by Gasteiger charge is -2.41. The molecule has 4 heteroatoms. The van der Waals surface area contributed by atoms with E-state index >= 15 is 0 Å². The second-order valence-electron chi connectivity index (χ2n) is 3.81. The minimum absolute atomic E-state index is 0.477. The van der Waals surface area contributed by atoms with Gasteiger partial charge in [-0.2, -0.15) is 0 Å². The van der Waals surface area contributed by atoms with Crippen LogP contribution in [0.25, 0.3) is 0 Å². The molecule has 1 heterocycles. The number of hydrogen-bond acceptors (Lipinski definition) is 4. The van der Waals surface area contributed by atoms with Crippen LogP contribution >= 0.6 is 11.5 Å². The highest BCUT2D eigenvalue weighted by Crippen LogP contribution is 2.39. The molecule has 1 fully saturated rings. The van der Waals surface area contributed by atoms with Crippen molar-refractivity contribution in [3.05, 3.63) is 11.1 Å². The highest BCUT2D eigenvalue weighted by molar-refractivity contribution is 7.03. The van der Waals surface area contributed by atoms with Gasteiger partial charge in [-0.1, -0.05) is 11.4 Å². The normalized spacial score (nSPS) is 34.7. The highest BCUT2D eigenvalue weighted by Gasteiger charge is 2.40. The fourth-order valence-corrected chi connectivity index (χ4v) is 2.43. The van der Waals surface area contributed by atoms with Crippen molar-refractivity contribution in [2.75, 3.05) is 0 Å². The molecule has 1 aromatic rings. The average molecular weight is 184 g/mol. The van der Waals surface area contributed by atoms with E-state index in [0.717, 1.165) is 18.5 Å². The van der Waals surface area contributed by atoms with Crippen molar-refractivity contribution >= 4 is 11.5 Å². The van der Waals surface area contributed by atoms with Crippen molar-refractivity contribution in [2.24, 2.45) is 5.92 Å². The van der Waals surface area contributed by atoms with Crippen LogP contribution in [0.5, 0.6) is 0 Å². The van der Waals surface area contributed by atoms with E-state index in [-0.39, 0.29) is 0 Å². The first-order chi connectivity index (χ1) is 5.68. The molecule has 0 atom stereocenters. The van der Waals surface area contributed by atoms with Gasteiger partial charge in [-0.25, -0.2) is 0 Å². The standard InChI is InChI=1S/C8H12N2OS/c1-6-2-8(11,3-6)4-7-5-12-10-9-7/h5-6,11H,2-4H2,1H3. The van der Waals surface area contributed by atoms with Crippen LogP contribution in [0.4, 0.5) is 0 Å². The average Bonchev–Trinajstić information content (AvgIpc) is 2.36. The SMILES string of the molecule is CC1CC(O)(Cc2csnn2)C1. The fourth-order valence-electron chi connectivity index (χ4n) is 1.98. The minimum Gasteiger partial charge on any atom is -0.389 e. The number of aromatic nitrogens is 2. The maximum absolute atomic E-state index is 9.89. The lowest BCUT2D eigenvalue weighted by molar-refractivity contribution is -0.0672. The van der Waals surface area contributed by atoms with E-state index in [0.29, 0.717) is 12.3 Å². The molecular formula is C8H12N2OS. The van der Waals surface area contributed by atoms with Crippen LogP contribution in [0.15, 0.2) is 5.38 Å². The molecule has 1 aliphatic rings. The molecule has 0 spiro atoms. The van der Waals surface area contributed by atoms with Crippen molar-refractivity contribution in [2.45, 2.75) is 31.8 Å². The Morgan fingerprint density at radius 3 is 3.00 bits per heavy atom. The summed E-state index contributed by atoms with van der Waals surface area (Å²) in [6.07, 6.45) is 2.49. The zero-order valence-electron chi connectivity index (χ0n) is 7.03. The Morgan fingerprint density at radius 1 is 1.75 bits per heavy atom. The second-order valence-corrected chi connectivity index (χ2v) is 4.42. The molecule has 1 saturated carbocycles. The molecule has 66 valence electrons. The summed E-state index contributed by atoms with van der Waals surface area (Å²) in [5.41, 5.74) is 0.448. The van der Waals surface area contributed by atoms with Gasteiger partial charge < -0.3 is 5.11 Å². The van der Waals surface area contributed by atoms with Gasteiger partial charge in [0.15, 0.2) is 0 Å². The smallest absolute Gasteiger partial charge is 0.0784 e. The molecule has 2 rings (SSSR count). The van der Waals surface area contributed by atoms with Gasteiger partial charge in [-0.3, -0.25) is 0 Å². The third-order valence-corrected chi connectivity index (χ3v) is 2.93. The van der Waals surface area contributed by atoms with E-state index in [9.17, 15) is 5.11 Å². The summed E-state index contributed by atoms with van der Waals surface area (Å²) in [7, 11) is 0. The van der Waals surface area contributed by atoms with Gasteiger partial charge in [-0.05, 0) is 30.3 Å². The van der Waals surface area contributed by atoms with E-state index in [1.54, 1.807) is 0 Å². The molecule has 0 unspecified atom stereocenters. The van der Waals surface area contributed by atoms with Gasteiger partial charge in [-0.15, -0.1) is 5.10 Å². The Bertz CT molecular complexity index is 254. The van der Waals surface area contributed by atoms with Crippen molar-refractivity contribution < 1.29 is 5.11 Å². The van der Waals surface area contributed by atoms with E-state index in [4.69, 9.17) is 0 Å². The molecule has 0 aliphatic heterocycles. The number of aliphatic hydroxyl groups is 1. The predicted octanol–water partition coefficient (Wildman–Crippen LogP) is 1.24. The fraction of sp³-hybridized carbons (Fsp3) is 0.750. The summed E-state index contributed by atoms with van der Waals surface area (Å²) in [6.45, 7) is 2.16. The number of hydrogen-bond donors (Lipinski definition) is 1. The van der Waals surface area contributed by atoms with E-state index < -0.39 is 5.60 Å². The first-order valence-electron chi connectivity index (χ1n) is 4.16. The van der Waals surface area contributed by atoms with E-state index in [2.05, 4.69) is 16.5 Å². The third-order valence-electron chi connectivity index (χ3n) is 2.37. The second kappa shape index (κ2) is 2.78. The van der Waals surface area contributed by atoms with Crippen LogP contribution in [0.1, 0.15) is 25.5 Å². The topological polar surface area (TPSA) is 46.0 Å². The van der Waals surface area contributed by atoms with Crippen molar-refractivity contribution in [3.63, 3.8) is 0 Å². The third kappa shape index (κ3) is 1.49. The summed E-state index contributed by atoms with van der Waals surface area (Å²) in [5, 5.41) is 15.7. The summed E-state index contributed by atoms with van der Waals surface area (Å²) in [4.78, 5) is 0. The van der Waals surface area contributed by atoms with Crippen LogP contribution in [-0.2, 0) is 6.42 Å². The highest BCUT2D eigenvalue weighted by atomic mass is 32.1. The first kappa shape index (κ1) is 8.13. The molecule has 0 radical (unpaired) electrons. The maximum atomic E-state index is 9.89. The minimum atomic E-state index is -0.477. The quantitative estimate of drug-likeness (QED) is 0.752. The van der Waals surface area contributed by atoms with Crippen molar-refractivity contribution in [1.29, 1.82) is 0 Å². The molecule has 12 heavy (non-hydrogen) atoms. The molecule has 0 saturated heterocycles. The summed E-state index contributed by atoms with van der Waals surface area (Å²) in [6, 6.07) is 0. The maximum Gasteiger partial charge on any atom is 0.0784 e. The Kier molecular flexibility index (Phi) is 1.88. The molecule has 0 amide bonds. The summed E-state index contributed by atoms with van der Waals surface area (Å²) < 4.78 is 3.76. The molecule has 1 aromatic heterocycles. The molecule has 0 aromatic carbocycles. The summed E-state index contributed by atoms with van der Waals surface area (Å²) >= 11 is 1.34. The molecule has 0 bridgehead atoms. The van der Waals surface area contributed by atoms with Gasteiger partial charge in [0.1, 0.15) is 0 Å². The van der Waals surface area contributed by atoms with Gasteiger partial charge >= 0.3 is 0 Å². The van der Waals surface area contributed by atoms with E-state index in [1.165, 1.54) is 11.5 Å². The van der Waals surface area contributed by atoms with Gasteiger partial charge in [0, 0.05) is 11.8 Å². The lowest BCUT2D eigenvalue weighted by Crippen LogP contribution is -2.44. The van der Waals surface area contributed by atoms with Crippen LogP contribution in [0.3, 0.4) is 0 Å². The number of nitrogens with zero attached hydrogens (tertiary/aromatic N) is 2. The monoisotopic (exact) mass is 184 g/mol. The van der Waals surface area contributed by atoms with Gasteiger partial charge in [0.25, 0.3) is 0 Å². The zero-order valence-corrected chi connectivity index (χ0v) is 7.84. The van der Waals surface area contributed by atoms with Crippen LogP contribution in [-0.4, -0.2) is 20.3 Å². The molecular weight excluding hydrogens is 172 g/mol. The molecule has 1 N–H and O–H groups in total. The van der Waals surface area contributed by atoms with Crippen molar-refractivity contribution in [3.8, 4) is 0 Å². The zero-order chi connectivity index (χ0) is 8.60. The Balaban J connectivity index is 1.96. The summed E-state index contributed by atoms with van der Waals surface area (Å²) in [5.74, 6) is 0.668. The molecule has 1 aliphatic carbocycles. The van der Waals surface area contributed by atoms with Crippen LogP contribution < -0.4 is 0 Å². The molecule has 3 nitrogen and oxygen atoms in total. The van der Waals surface area contributed by atoms with E-state index in [1.807, 2.05) is 5.38 Å². The predicted molar refractivity (Wildman–Crippen MR) is 47.0 cm³/mol.